The largest absolute Gasteiger partial charge is 0.325 e. The summed E-state index contributed by atoms with van der Waals surface area (Å²) in [6.07, 6.45) is 1.77. The summed E-state index contributed by atoms with van der Waals surface area (Å²) in [7, 11) is -3.15. The third-order valence-corrected chi connectivity index (χ3v) is 6.78. The first-order valence-corrected chi connectivity index (χ1v) is 10.4. The highest BCUT2D eigenvalue weighted by molar-refractivity contribution is 7.91. The average Bonchev–Trinajstić information content (AvgIpc) is 3.07. The Morgan fingerprint density at radius 2 is 1.65 bits per heavy atom. The minimum atomic E-state index is -3.15. The summed E-state index contributed by atoms with van der Waals surface area (Å²) >= 11 is 0. The van der Waals surface area contributed by atoms with Crippen molar-refractivity contribution in [2.24, 2.45) is 0 Å². The summed E-state index contributed by atoms with van der Waals surface area (Å²) in [5.74, 6) is 0.0433. The van der Waals surface area contributed by atoms with Gasteiger partial charge in [0.05, 0.1) is 23.6 Å². The predicted octanol–water partition coefficient (Wildman–Crippen LogP) is 2.94. The molecule has 0 N–H and O–H groups in total. The number of carbonyl (C=O) groups excluding carboxylic acids is 1. The Bertz CT molecular complexity index is 939. The molecule has 0 radical (unpaired) electrons. The first-order chi connectivity index (χ1) is 12.5. The van der Waals surface area contributed by atoms with Gasteiger partial charge in [0.1, 0.15) is 0 Å². The van der Waals surface area contributed by atoms with Crippen LogP contribution in [0.15, 0.2) is 61.2 Å². The molecule has 2 atom stereocenters. The van der Waals surface area contributed by atoms with Gasteiger partial charge in [-0.25, -0.2) is 13.2 Å². The normalized spacial score (nSPS) is 23.9. The summed E-state index contributed by atoms with van der Waals surface area (Å²) in [5, 5.41) is 0. The maximum atomic E-state index is 13.1. The van der Waals surface area contributed by atoms with Crippen molar-refractivity contribution in [2.45, 2.75) is 18.6 Å². The molecule has 0 aromatic heterocycles. The van der Waals surface area contributed by atoms with Crippen LogP contribution in [0, 0.1) is 0 Å². The van der Waals surface area contributed by atoms with Gasteiger partial charge in [-0.1, -0.05) is 55.1 Å². The summed E-state index contributed by atoms with van der Waals surface area (Å²) in [5.41, 5.74) is 2.73. The number of carbonyl (C=O) groups is 1. The van der Waals surface area contributed by atoms with E-state index in [-0.39, 0.29) is 29.6 Å². The van der Waals surface area contributed by atoms with E-state index < -0.39 is 9.84 Å². The van der Waals surface area contributed by atoms with Crippen molar-refractivity contribution in [1.29, 1.82) is 0 Å². The van der Waals surface area contributed by atoms with Gasteiger partial charge in [-0.2, -0.15) is 0 Å². The zero-order valence-electron chi connectivity index (χ0n) is 14.3. The second-order valence-corrected chi connectivity index (χ2v) is 8.93. The van der Waals surface area contributed by atoms with Crippen molar-refractivity contribution in [3.8, 4) is 0 Å². The summed E-state index contributed by atoms with van der Waals surface area (Å²) in [6.45, 7) is 4.14. The molecule has 6 heteroatoms. The highest BCUT2D eigenvalue weighted by Gasteiger charge is 2.53. The van der Waals surface area contributed by atoms with Gasteiger partial charge in [-0.3, -0.25) is 4.90 Å². The number of hydrogen-bond donors (Lipinski definition) is 0. The molecule has 0 saturated carbocycles. The minimum Gasteiger partial charge on any atom is -0.314 e. The van der Waals surface area contributed by atoms with E-state index in [0.29, 0.717) is 6.54 Å². The number of urea groups is 1. The Hall–Kier alpha value is -2.60. The SMILES string of the molecule is C=Cc1ccc(CN2C(=O)N(c3ccccc3)[C@@H]3CS(=O)(=O)C[C@@H]32)cc1. The van der Waals surface area contributed by atoms with Crippen molar-refractivity contribution in [1.82, 2.24) is 4.90 Å². The van der Waals surface area contributed by atoms with Crippen LogP contribution in [-0.2, 0) is 16.4 Å². The molecule has 4 rings (SSSR count). The lowest BCUT2D eigenvalue weighted by molar-refractivity contribution is 0.206. The molecular formula is C20H20N2O3S. The Kier molecular flexibility index (Phi) is 4.07. The molecule has 134 valence electrons. The molecule has 0 spiro atoms. The van der Waals surface area contributed by atoms with Crippen molar-refractivity contribution in [2.75, 3.05) is 16.4 Å². The molecule has 26 heavy (non-hydrogen) atoms. The Morgan fingerprint density at radius 3 is 2.31 bits per heavy atom. The first-order valence-electron chi connectivity index (χ1n) is 8.55. The number of nitrogens with zero attached hydrogens (tertiary/aromatic N) is 2. The fourth-order valence-corrected chi connectivity index (χ4v) is 5.76. The van der Waals surface area contributed by atoms with Crippen LogP contribution in [0.3, 0.4) is 0 Å². The van der Waals surface area contributed by atoms with E-state index in [1.54, 1.807) is 15.9 Å². The van der Waals surface area contributed by atoms with E-state index >= 15 is 0 Å². The van der Waals surface area contributed by atoms with Crippen LogP contribution in [0.4, 0.5) is 10.5 Å². The number of sulfone groups is 1. The Balaban J connectivity index is 1.67. The standard InChI is InChI=1S/C20H20N2O3S/c1-2-15-8-10-16(11-9-15)12-21-18-13-26(24,25)14-19(18)22(20(21)23)17-6-4-3-5-7-17/h2-11,18-19H,1,12-14H2/t18-,19+/m0/s1. The second kappa shape index (κ2) is 6.29. The van der Waals surface area contributed by atoms with Crippen LogP contribution in [0.1, 0.15) is 11.1 Å². The third-order valence-electron chi connectivity index (χ3n) is 5.08. The van der Waals surface area contributed by atoms with Crippen LogP contribution >= 0.6 is 0 Å². The lowest BCUT2D eigenvalue weighted by Gasteiger charge is -2.22. The van der Waals surface area contributed by atoms with Gasteiger partial charge in [-0.15, -0.1) is 0 Å². The van der Waals surface area contributed by atoms with Crippen LogP contribution in [-0.4, -0.2) is 42.9 Å². The van der Waals surface area contributed by atoms with Crippen molar-refractivity contribution in [3.63, 3.8) is 0 Å². The first kappa shape index (κ1) is 16.8. The van der Waals surface area contributed by atoms with Gasteiger partial charge in [0.15, 0.2) is 9.84 Å². The van der Waals surface area contributed by atoms with Gasteiger partial charge >= 0.3 is 6.03 Å². The maximum Gasteiger partial charge on any atom is 0.325 e. The van der Waals surface area contributed by atoms with Gasteiger partial charge in [0, 0.05) is 12.2 Å². The van der Waals surface area contributed by atoms with Gasteiger partial charge in [0.2, 0.25) is 0 Å². The molecule has 2 saturated heterocycles. The lowest BCUT2D eigenvalue weighted by Crippen LogP contribution is -2.37. The highest BCUT2D eigenvalue weighted by atomic mass is 32.2. The molecule has 2 heterocycles. The molecule has 2 aromatic rings. The highest BCUT2D eigenvalue weighted by Crippen LogP contribution is 2.35. The van der Waals surface area contributed by atoms with E-state index in [9.17, 15) is 13.2 Å². The second-order valence-electron chi connectivity index (χ2n) is 6.77. The minimum absolute atomic E-state index is 0.0181. The summed E-state index contributed by atoms with van der Waals surface area (Å²) in [6, 6.07) is 16.3. The number of anilines is 1. The number of amides is 2. The Morgan fingerprint density at radius 1 is 1.00 bits per heavy atom. The maximum absolute atomic E-state index is 13.1. The van der Waals surface area contributed by atoms with Crippen LogP contribution in [0.5, 0.6) is 0 Å². The lowest BCUT2D eigenvalue weighted by atomic mass is 10.1. The number of benzene rings is 2. The molecule has 0 unspecified atom stereocenters. The van der Waals surface area contributed by atoms with Crippen molar-refractivity contribution in [3.05, 3.63) is 72.3 Å². The smallest absolute Gasteiger partial charge is 0.314 e. The molecule has 2 aliphatic rings. The van der Waals surface area contributed by atoms with Crippen LogP contribution < -0.4 is 4.90 Å². The Labute approximate surface area is 153 Å². The number of hydrogen-bond acceptors (Lipinski definition) is 3. The van der Waals surface area contributed by atoms with E-state index in [4.69, 9.17) is 0 Å². The number of fused-ring (bicyclic) bond motifs is 1. The van der Waals surface area contributed by atoms with Crippen LogP contribution in [0.25, 0.3) is 6.08 Å². The average molecular weight is 368 g/mol. The topological polar surface area (TPSA) is 57.7 Å². The number of para-hydroxylation sites is 1. The van der Waals surface area contributed by atoms with Crippen molar-refractivity contribution >= 4 is 27.6 Å². The summed E-state index contributed by atoms with van der Waals surface area (Å²) < 4.78 is 24.5. The monoisotopic (exact) mass is 368 g/mol. The van der Waals surface area contributed by atoms with E-state index in [0.717, 1.165) is 16.8 Å². The van der Waals surface area contributed by atoms with E-state index in [2.05, 4.69) is 6.58 Å². The summed E-state index contributed by atoms with van der Waals surface area (Å²) in [4.78, 5) is 16.4. The molecule has 2 aromatic carbocycles. The van der Waals surface area contributed by atoms with Gasteiger partial charge < -0.3 is 4.90 Å². The molecule has 0 bridgehead atoms. The molecule has 2 fully saturated rings. The zero-order chi connectivity index (χ0) is 18.3. The molecule has 5 nitrogen and oxygen atoms in total. The number of rotatable bonds is 4. The predicted molar refractivity (Wildman–Crippen MR) is 103 cm³/mol. The molecule has 2 amide bonds. The van der Waals surface area contributed by atoms with Crippen LogP contribution in [0.2, 0.25) is 0 Å². The molecular weight excluding hydrogens is 348 g/mol. The fourth-order valence-electron chi connectivity index (χ4n) is 3.81. The molecule has 2 aliphatic heterocycles. The zero-order valence-corrected chi connectivity index (χ0v) is 15.1. The van der Waals surface area contributed by atoms with E-state index in [1.807, 2.05) is 54.6 Å². The van der Waals surface area contributed by atoms with E-state index in [1.165, 1.54) is 0 Å². The molecule has 0 aliphatic carbocycles. The van der Waals surface area contributed by atoms with Crippen molar-refractivity contribution < 1.29 is 13.2 Å². The quantitative estimate of drug-likeness (QED) is 0.780. The fraction of sp³-hybridized carbons (Fsp3) is 0.250. The third kappa shape index (κ3) is 2.90. The van der Waals surface area contributed by atoms with Gasteiger partial charge in [0.25, 0.3) is 0 Å². The van der Waals surface area contributed by atoms with Gasteiger partial charge in [-0.05, 0) is 23.3 Å².